The van der Waals surface area contributed by atoms with Crippen LogP contribution in [-0.2, 0) is 0 Å². The molecule has 1 atom stereocenters. The predicted molar refractivity (Wildman–Crippen MR) is 54.8 cm³/mol. The van der Waals surface area contributed by atoms with Gasteiger partial charge in [-0.2, -0.15) is 0 Å². The molecule has 0 bridgehead atoms. The number of hydrogen-bond donors (Lipinski definition) is 1. The lowest BCUT2D eigenvalue weighted by Gasteiger charge is -2.17. The highest BCUT2D eigenvalue weighted by Gasteiger charge is 2.32. The van der Waals surface area contributed by atoms with Gasteiger partial charge >= 0.3 is 6.36 Å². The second-order valence-corrected chi connectivity index (χ2v) is 4.01. The second kappa shape index (κ2) is 4.91. The molecule has 1 aromatic carbocycles. The first-order valence-corrected chi connectivity index (χ1v) is 5.01. The molecule has 0 spiro atoms. The maximum atomic E-state index is 13.3. The Kier molecular flexibility index (Phi) is 3.98. The number of rotatable bonds is 3. The lowest BCUT2D eigenvalue weighted by molar-refractivity contribution is -0.275. The van der Waals surface area contributed by atoms with Gasteiger partial charge in [0, 0.05) is 6.04 Å². The number of alkyl halides is 3. The van der Waals surface area contributed by atoms with Crippen molar-refractivity contribution in [1.82, 2.24) is 0 Å². The molecule has 6 heteroatoms. The number of ether oxygens (including phenoxy) is 1. The minimum absolute atomic E-state index is 0.0591. The van der Waals surface area contributed by atoms with Crippen molar-refractivity contribution in [3.05, 3.63) is 29.6 Å². The minimum Gasteiger partial charge on any atom is -0.403 e. The van der Waals surface area contributed by atoms with Gasteiger partial charge in [-0.05, 0) is 23.6 Å². The van der Waals surface area contributed by atoms with Gasteiger partial charge in [0.15, 0.2) is 11.6 Å². The fourth-order valence-corrected chi connectivity index (χ4v) is 1.32. The smallest absolute Gasteiger partial charge is 0.403 e. The molecule has 0 aliphatic rings. The third-order valence-electron chi connectivity index (χ3n) is 2.28. The topological polar surface area (TPSA) is 35.2 Å². The standard InChI is InChI=1S/C11H13F4NO/c1-6(2)10(16)7-3-4-9(8(12)5-7)17-11(13,14)15/h3-6,10H,16H2,1-2H3/t10-/m1/s1. The molecule has 0 heterocycles. The average Bonchev–Trinajstić information content (AvgIpc) is 2.18. The highest BCUT2D eigenvalue weighted by Crippen LogP contribution is 2.28. The Morgan fingerprint density at radius 2 is 1.82 bits per heavy atom. The van der Waals surface area contributed by atoms with Crippen LogP contribution < -0.4 is 10.5 Å². The quantitative estimate of drug-likeness (QED) is 0.836. The summed E-state index contributed by atoms with van der Waals surface area (Å²) in [5.74, 6) is -1.86. The van der Waals surface area contributed by atoms with E-state index in [-0.39, 0.29) is 5.92 Å². The van der Waals surface area contributed by atoms with Crippen molar-refractivity contribution in [3.63, 3.8) is 0 Å². The first-order chi connectivity index (χ1) is 7.70. The van der Waals surface area contributed by atoms with Crippen molar-refractivity contribution in [2.75, 3.05) is 0 Å². The third kappa shape index (κ3) is 3.89. The van der Waals surface area contributed by atoms with Crippen LogP contribution in [0.4, 0.5) is 17.6 Å². The largest absolute Gasteiger partial charge is 0.573 e. The molecule has 0 unspecified atom stereocenters. The van der Waals surface area contributed by atoms with Crippen molar-refractivity contribution in [3.8, 4) is 5.75 Å². The van der Waals surface area contributed by atoms with E-state index in [1.165, 1.54) is 6.07 Å². The Balaban J connectivity index is 2.94. The van der Waals surface area contributed by atoms with Crippen molar-refractivity contribution in [2.24, 2.45) is 11.7 Å². The highest BCUT2D eigenvalue weighted by atomic mass is 19.4. The molecular formula is C11H13F4NO. The van der Waals surface area contributed by atoms with Crippen LogP contribution in [0.3, 0.4) is 0 Å². The van der Waals surface area contributed by atoms with Crippen LogP contribution in [-0.4, -0.2) is 6.36 Å². The number of nitrogens with two attached hydrogens (primary N) is 1. The SMILES string of the molecule is CC(C)[C@@H](N)c1ccc(OC(F)(F)F)c(F)c1. The Morgan fingerprint density at radius 1 is 1.24 bits per heavy atom. The summed E-state index contributed by atoms with van der Waals surface area (Å²) in [5, 5.41) is 0. The molecule has 0 aliphatic carbocycles. The van der Waals surface area contributed by atoms with E-state index in [9.17, 15) is 17.6 Å². The van der Waals surface area contributed by atoms with E-state index < -0.39 is 24.0 Å². The molecule has 0 aliphatic heterocycles. The van der Waals surface area contributed by atoms with E-state index >= 15 is 0 Å². The zero-order valence-corrected chi connectivity index (χ0v) is 9.38. The molecule has 0 saturated heterocycles. The van der Waals surface area contributed by atoms with Crippen LogP contribution in [0.15, 0.2) is 18.2 Å². The zero-order valence-electron chi connectivity index (χ0n) is 9.38. The minimum atomic E-state index is -4.90. The molecule has 1 aromatic rings. The van der Waals surface area contributed by atoms with Crippen LogP contribution in [0.25, 0.3) is 0 Å². The summed E-state index contributed by atoms with van der Waals surface area (Å²) >= 11 is 0. The van der Waals surface area contributed by atoms with Crippen molar-refractivity contribution >= 4 is 0 Å². The normalized spacial score (nSPS) is 13.9. The molecule has 17 heavy (non-hydrogen) atoms. The maximum Gasteiger partial charge on any atom is 0.573 e. The van der Waals surface area contributed by atoms with E-state index in [0.717, 1.165) is 12.1 Å². The van der Waals surface area contributed by atoms with Crippen LogP contribution in [0.2, 0.25) is 0 Å². The summed E-state index contributed by atoms with van der Waals surface area (Å²) in [6, 6.07) is 2.80. The lowest BCUT2D eigenvalue weighted by Crippen LogP contribution is -2.19. The monoisotopic (exact) mass is 251 g/mol. The zero-order chi connectivity index (χ0) is 13.2. The van der Waals surface area contributed by atoms with Crippen molar-refractivity contribution < 1.29 is 22.3 Å². The van der Waals surface area contributed by atoms with Crippen LogP contribution in [0, 0.1) is 11.7 Å². The van der Waals surface area contributed by atoms with Gasteiger partial charge in [0.1, 0.15) is 0 Å². The summed E-state index contributed by atoms with van der Waals surface area (Å²) < 4.78 is 52.5. The van der Waals surface area contributed by atoms with Gasteiger partial charge in [0.05, 0.1) is 0 Å². The molecule has 0 saturated carbocycles. The molecule has 96 valence electrons. The van der Waals surface area contributed by atoms with E-state index in [4.69, 9.17) is 5.73 Å². The van der Waals surface area contributed by atoms with E-state index in [2.05, 4.69) is 4.74 Å². The average molecular weight is 251 g/mol. The van der Waals surface area contributed by atoms with Gasteiger partial charge < -0.3 is 10.5 Å². The van der Waals surface area contributed by atoms with Gasteiger partial charge in [-0.25, -0.2) is 4.39 Å². The van der Waals surface area contributed by atoms with E-state index in [0.29, 0.717) is 5.56 Å². The number of benzene rings is 1. The maximum absolute atomic E-state index is 13.3. The van der Waals surface area contributed by atoms with Crippen LogP contribution in [0.1, 0.15) is 25.5 Å². The van der Waals surface area contributed by atoms with Crippen LogP contribution >= 0.6 is 0 Å². The van der Waals surface area contributed by atoms with E-state index in [1.54, 1.807) is 0 Å². The molecule has 2 N–H and O–H groups in total. The predicted octanol–water partition coefficient (Wildman–Crippen LogP) is 3.38. The lowest BCUT2D eigenvalue weighted by atomic mass is 9.97. The molecule has 0 aromatic heterocycles. The molecule has 1 rings (SSSR count). The van der Waals surface area contributed by atoms with Gasteiger partial charge in [0.25, 0.3) is 0 Å². The number of halogens is 4. The van der Waals surface area contributed by atoms with Gasteiger partial charge in [-0.1, -0.05) is 19.9 Å². The first kappa shape index (κ1) is 13.8. The Hall–Kier alpha value is -1.30. The molecule has 0 fully saturated rings. The van der Waals surface area contributed by atoms with Crippen LogP contribution in [0.5, 0.6) is 5.75 Å². The Labute approximate surface area is 96.4 Å². The summed E-state index contributed by atoms with van der Waals surface area (Å²) in [6.45, 7) is 3.67. The third-order valence-corrected chi connectivity index (χ3v) is 2.28. The Morgan fingerprint density at radius 3 is 2.24 bits per heavy atom. The molecule has 0 radical (unpaired) electrons. The summed E-state index contributed by atoms with van der Waals surface area (Å²) in [4.78, 5) is 0. The van der Waals surface area contributed by atoms with Gasteiger partial charge in [-0.15, -0.1) is 13.2 Å². The fourth-order valence-electron chi connectivity index (χ4n) is 1.32. The van der Waals surface area contributed by atoms with E-state index in [1.807, 2.05) is 13.8 Å². The van der Waals surface area contributed by atoms with Gasteiger partial charge in [0.2, 0.25) is 0 Å². The molecular weight excluding hydrogens is 238 g/mol. The van der Waals surface area contributed by atoms with Gasteiger partial charge in [-0.3, -0.25) is 0 Å². The fraction of sp³-hybridized carbons (Fsp3) is 0.455. The number of hydrogen-bond acceptors (Lipinski definition) is 2. The molecule has 2 nitrogen and oxygen atoms in total. The molecule has 0 amide bonds. The first-order valence-electron chi connectivity index (χ1n) is 5.01. The highest BCUT2D eigenvalue weighted by molar-refractivity contribution is 5.31. The summed E-state index contributed by atoms with van der Waals surface area (Å²) in [6.07, 6.45) is -4.90. The second-order valence-electron chi connectivity index (χ2n) is 4.01. The Bertz CT molecular complexity index is 390. The van der Waals surface area contributed by atoms with Crippen molar-refractivity contribution in [2.45, 2.75) is 26.3 Å². The summed E-state index contributed by atoms with van der Waals surface area (Å²) in [7, 11) is 0. The summed E-state index contributed by atoms with van der Waals surface area (Å²) in [5.41, 5.74) is 6.19. The van der Waals surface area contributed by atoms with Crippen molar-refractivity contribution in [1.29, 1.82) is 0 Å².